The van der Waals surface area contributed by atoms with E-state index in [1.807, 2.05) is 12.1 Å². The molecule has 2 aromatic rings. The summed E-state index contributed by atoms with van der Waals surface area (Å²) in [4.78, 5) is 0. The monoisotopic (exact) mass is 261 g/mol. The van der Waals surface area contributed by atoms with Crippen LogP contribution >= 0.6 is 0 Å². The lowest BCUT2D eigenvalue weighted by Crippen LogP contribution is -2.13. The minimum atomic E-state index is -0.853. The third kappa shape index (κ3) is 3.38. The first-order valence-electron chi connectivity index (χ1n) is 6.38. The molecule has 0 aliphatic rings. The van der Waals surface area contributed by atoms with Crippen molar-refractivity contribution in [3.8, 4) is 0 Å². The summed E-state index contributed by atoms with van der Waals surface area (Å²) >= 11 is 0. The van der Waals surface area contributed by atoms with Gasteiger partial charge in [0, 0.05) is 6.04 Å². The van der Waals surface area contributed by atoms with E-state index in [4.69, 9.17) is 5.73 Å². The lowest BCUT2D eigenvalue weighted by Gasteiger charge is -2.13. The van der Waals surface area contributed by atoms with E-state index in [-0.39, 0.29) is 6.04 Å². The Morgan fingerprint density at radius 2 is 1.58 bits per heavy atom. The maximum absolute atomic E-state index is 13.1. The zero-order valence-electron chi connectivity index (χ0n) is 10.9. The van der Waals surface area contributed by atoms with Crippen LogP contribution in [0.2, 0.25) is 0 Å². The second kappa shape index (κ2) is 5.93. The van der Waals surface area contributed by atoms with Crippen molar-refractivity contribution in [1.82, 2.24) is 0 Å². The Balaban J connectivity index is 2.10. The quantitative estimate of drug-likeness (QED) is 0.890. The molecular formula is C16H17F2N. The fraction of sp³-hybridized carbons (Fsp3) is 0.250. The molecule has 3 heteroatoms. The molecule has 0 spiro atoms. The zero-order chi connectivity index (χ0) is 13.8. The van der Waals surface area contributed by atoms with Crippen molar-refractivity contribution in [3.05, 3.63) is 70.8 Å². The van der Waals surface area contributed by atoms with Crippen molar-refractivity contribution in [2.75, 3.05) is 0 Å². The zero-order valence-corrected chi connectivity index (χ0v) is 10.9. The Kier molecular flexibility index (Phi) is 4.27. The first-order valence-corrected chi connectivity index (χ1v) is 6.38. The molecule has 1 unspecified atom stereocenters. The van der Waals surface area contributed by atoms with E-state index in [9.17, 15) is 8.78 Å². The third-order valence-corrected chi connectivity index (χ3v) is 3.26. The standard InChI is InChI=1S/C16H17F2N/c1-2-11-3-5-12(6-4-11)9-16(19)13-7-8-14(17)15(18)10-13/h3-8,10,16H,2,9,19H2,1H3. The lowest BCUT2D eigenvalue weighted by molar-refractivity contribution is 0.505. The molecule has 2 N–H and O–H groups in total. The molecule has 0 bridgehead atoms. The van der Waals surface area contributed by atoms with Crippen LogP contribution in [0.4, 0.5) is 8.78 Å². The van der Waals surface area contributed by atoms with Crippen LogP contribution in [0, 0.1) is 11.6 Å². The van der Waals surface area contributed by atoms with E-state index in [0.29, 0.717) is 12.0 Å². The molecule has 0 amide bonds. The molecular weight excluding hydrogens is 244 g/mol. The second-order valence-electron chi connectivity index (χ2n) is 4.65. The van der Waals surface area contributed by atoms with Gasteiger partial charge in [0.25, 0.3) is 0 Å². The van der Waals surface area contributed by atoms with Crippen LogP contribution < -0.4 is 5.73 Å². The highest BCUT2D eigenvalue weighted by Gasteiger charge is 2.10. The molecule has 19 heavy (non-hydrogen) atoms. The van der Waals surface area contributed by atoms with Crippen molar-refractivity contribution in [1.29, 1.82) is 0 Å². The van der Waals surface area contributed by atoms with Gasteiger partial charge in [-0.15, -0.1) is 0 Å². The maximum atomic E-state index is 13.1. The van der Waals surface area contributed by atoms with Gasteiger partial charge in [-0.1, -0.05) is 37.3 Å². The fourth-order valence-corrected chi connectivity index (χ4v) is 2.03. The minimum absolute atomic E-state index is 0.331. The van der Waals surface area contributed by atoms with Crippen molar-refractivity contribution < 1.29 is 8.78 Å². The largest absolute Gasteiger partial charge is 0.324 e. The van der Waals surface area contributed by atoms with Crippen LogP contribution in [-0.4, -0.2) is 0 Å². The van der Waals surface area contributed by atoms with Gasteiger partial charge in [0.2, 0.25) is 0 Å². The average Bonchev–Trinajstić information content (AvgIpc) is 2.42. The Labute approximate surface area is 112 Å². The number of benzene rings is 2. The summed E-state index contributed by atoms with van der Waals surface area (Å²) in [7, 11) is 0. The Morgan fingerprint density at radius 1 is 0.947 bits per heavy atom. The highest BCUT2D eigenvalue weighted by atomic mass is 19.2. The van der Waals surface area contributed by atoms with Crippen LogP contribution in [0.3, 0.4) is 0 Å². The molecule has 0 aromatic heterocycles. The normalized spacial score (nSPS) is 12.4. The highest BCUT2D eigenvalue weighted by molar-refractivity contribution is 5.27. The number of hydrogen-bond donors (Lipinski definition) is 1. The molecule has 1 nitrogen and oxygen atoms in total. The molecule has 0 saturated carbocycles. The van der Waals surface area contributed by atoms with Crippen LogP contribution in [0.1, 0.15) is 29.7 Å². The van der Waals surface area contributed by atoms with Crippen molar-refractivity contribution in [3.63, 3.8) is 0 Å². The topological polar surface area (TPSA) is 26.0 Å². The van der Waals surface area contributed by atoms with Gasteiger partial charge in [-0.25, -0.2) is 8.78 Å². The van der Waals surface area contributed by atoms with E-state index >= 15 is 0 Å². The van der Waals surface area contributed by atoms with E-state index in [1.54, 1.807) is 0 Å². The van der Waals surface area contributed by atoms with Crippen molar-refractivity contribution in [2.45, 2.75) is 25.8 Å². The predicted octanol–water partition coefficient (Wildman–Crippen LogP) is 3.77. The van der Waals surface area contributed by atoms with Crippen LogP contribution in [0.15, 0.2) is 42.5 Å². The summed E-state index contributed by atoms with van der Waals surface area (Å²) in [5.41, 5.74) is 9.00. The van der Waals surface area contributed by atoms with Gasteiger partial charge in [0.05, 0.1) is 0 Å². The SMILES string of the molecule is CCc1ccc(CC(N)c2ccc(F)c(F)c2)cc1. The van der Waals surface area contributed by atoms with E-state index in [2.05, 4.69) is 19.1 Å². The molecule has 0 aliphatic heterocycles. The van der Waals surface area contributed by atoms with E-state index in [1.165, 1.54) is 17.7 Å². The van der Waals surface area contributed by atoms with Crippen LogP contribution in [-0.2, 0) is 12.8 Å². The first kappa shape index (κ1) is 13.7. The molecule has 2 aromatic carbocycles. The summed E-state index contributed by atoms with van der Waals surface area (Å²) in [6.45, 7) is 2.10. The van der Waals surface area contributed by atoms with Gasteiger partial charge in [-0.2, -0.15) is 0 Å². The van der Waals surface area contributed by atoms with E-state index < -0.39 is 11.6 Å². The molecule has 100 valence electrons. The lowest BCUT2D eigenvalue weighted by atomic mass is 9.98. The van der Waals surface area contributed by atoms with Crippen LogP contribution in [0.5, 0.6) is 0 Å². The van der Waals surface area contributed by atoms with Gasteiger partial charge in [-0.3, -0.25) is 0 Å². The number of nitrogens with two attached hydrogens (primary N) is 1. The summed E-state index contributed by atoms with van der Waals surface area (Å²) in [6.07, 6.45) is 1.60. The molecule has 0 heterocycles. The Morgan fingerprint density at radius 3 is 2.16 bits per heavy atom. The van der Waals surface area contributed by atoms with Gasteiger partial charge in [0.1, 0.15) is 0 Å². The number of rotatable bonds is 4. The molecule has 2 rings (SSSR count). The highest BCUT2D eigenvalue weighted by Crippen LogP contribution is 2.19. The molecule has 0 fully saturated rings. The molecule has 0 aliphatic carbocycles. The third-order valence-electron chi connectivity index (χ3n) is 3.26. The van der Waals surface area contributed by atoms with E-state index in [0.717, 1.165) is 18.1 Å². The smallest absolute Gasteiger partial charge is 0.159 e. The van der Waals surface area contributed by atoms with Gasteiger partial charge >= 0.3 is 0 Å². The van der Waals surface area contributed by atoms with Gasteiger partial charge in [-0.05, 0) is 41.7 Å². The Bertz CT molecular complexity index is 549. The number of aryl methyl sites for hydroxylation is 1. The number of hydrogen-bond acceptors (Lipinski definition) is 1. The summed E-state index contributed by atoms with van der Waals surface area (Å²) in [5.74, 6) is -1.70. The number of halogens is 2. The van der Waals surface area contributed by atoms with Crippen molar-refractivity contribution in [2.24, 2.45) is 5.73 Å². The summed E-state index contributed by atoms with van der Waals surface area (Å²) in [6, 6.07) is 11.7. The molecule has 0 saturated heterocycles. The van der Waals surface area contributed by atoms with Crippen LogP contribution in [0.25, 0.3) is 0 Å². The second-order valence-corrected chi connectivity index (χ2v) is 4.65. The fourth-order valence-electron chi connectivity index (χ4n) is 2.03. The Hall–Kier alpha value is -1.74. The first-order chi connectivity index (χ1) is 9.10. The summed E-state index contributed by atoms with van der Waals surface area (Å²) < 4.78 is 26.0. The molecule has 0 radical (unpaired) electrons. The van der Waals surface area contributed by atoms with Gasteiger partial charge < -0.3 is 5.73 Å². The predicted molar refractivity (Wildman–Crippen MR) is 72.8 cm³/mol. The minimum Gasteiger partial charge on any atom is -0.324 e. The maximum Gasteiger partial charge on any atom is 0.159 e. The molecule has 1 atom stereocenters. The summed E-state index contributed by atoms with van der Waals surface area (Å²) in [5, 5.41) is 0. The van der Waals surface area contributed by atoms with Crippen molar-refractivity contribution >= 4 is 0 Å². The van der Waals surface area contributed by atoms with Gasteiger partial charge in [0.15, 0.2) is 11.6 Å². The average molecular weight is 261 g/mol.